The lowest BCUT2D eigenvalue weighted by atomic mass is 9.98. The molecule has 0 aliphatic carbocycles. The van der Waals surface area contributed by atoms with Gasteiger partial charge in [-0.25, -0.2) is 0 Å². The number of likely N-dealkylation sites (N-methyl/N-ethyl adjacent to an activating group) is 1. The van der Waals surface area contributed by atoms with Gasteiger partial charge in [-0.05, 0) is 49.4 Å². The Bertz CT molecular complexity index is 1300. The minimum absolute atomic E-state index is 0.102. The van der Waals surface area contributed by atoms with Crippen molar-refractivity contribution in [2.24, 2.45) is 17.6 Å². The first-order valence-electron chi connectivity index (χ1n) is 16.6. The van der Waals surface area contributed by atoms with Crippen LogP contribution in [-0.2, 0) is 36.8 Å². The minimum atomic E-state index is -1.07. The Morgan fingerprint density at radius 2 is 1.04 bits per heavy atom. The maximum Gasteiger partial charge on any atom is 0.243 e. The largest absolute Gasteiger partial charge is 0.368 e. The molecule has 47 heavy (non-hydrogen) atoms. The first-order chi connectivity index (χ1) is 22.3. The molecule has 11 heteroatoms. The highest BCUT2D eigenvalue weighted by molar-refractivity contribution is 5.96. The zero-order chi connectivity index (χ0) is 35.1. The molecule has 11 nitrogen and oxygen atoms in total. The molecule has 2 aromatic carbocycles. The van der Waals surface area contributed by atoms with Gasteiger partial charge in [-0.15, -0.1) is 0 Å². The van der Waals surface area contributed by atoms with E-state index in [9.17, 15) is 24.0 Å². The summed E-state index contributed by atoms with van der Waals surface area (Å²) in [6, 6.07) is 14.2. The van der Waals surface area contributed by atoms with Crippen LogP contribution in [0.4, 0.5) is 0 Å². The fourth-order valence-electron chi connectivity index (χ4n) is 5.39. The number of nitrogens with two attached hydrogens (primary N) is 1. The van der Waals surface area contributed by atoms with Crippen LogP contribution in [0, 0.1) is 11.8 Å². The van der Waals surface area contributed by atoms with Crippen LogP contribution in [0.5, 0.6) is 0 Å². The SMILES string of the molecule is CCN(CC)[C@H](C)C(=O)N[C@H](Cc1ccccc1)C(=O)N[C@H](Cc1ccccc1)C(=O)N[C@@H](C(=O)N[C@H](CC(C)C)C(N)=O)C(C)C. The number of carbonyl (C=O) groups excluding carboxylic acids is 5. The molecule has 0 radical (unpaired) electrons. The van der Waals surface area contributed by atoms with Crippen molar-refractivity contribution in [1.82, 2.24) is 26.2 Å². The molecular weight excluding hydrogens is 596 g/mol. The Balaban J connectivity index is 2.37. The zero-order valence-electron chi connectivity index (χ0n) is 28.9. The molecule has 0 saturated carbocycles. The van der Waals surface area contributed by atoms with Gasteiger partial charge in [-0.1, -0.05) is 102 Å². The van der Waals surface area contributed by atoms with Crippen LogP contribution in [0.2, 0.25) is 0 Å². The van der Waals surface area contributed by atoms with Crippen molar-refractivity contribution in [2.75, 3.05) is 13.1 Å². The van der Waals surface area contributed by atoms with E-state index in [-0.39, 0.29) is 30.6 Å². The first kappa shape index (κ1) is 38.9. The third kappa shape index (κ3) is 12.8. The van der Waals surface area contributed by atoms with Gasteiger partial charge in [0.25, 0.3) is 0 Å². The number of carbonyl (C=O) groups is 5. The van der Waals surface area contributed by atoms with Gasteiger partial charge in [-0.2, -0.15) is 0 Å². The Morgan fingerprint density at radius 1 is 0.617 bits per heavy atom. The fourth-order valence-corrected chi connectivity index (χ4v) is 5.39. The van der Waals surface area contributed by atoms with Gasteiger partial charge in [0.2, 0.25) is 29.5 Å². The van der Waals surface area contributed by atoms with Crippen molar-refractivity contribution in [3.8, 4) is 0 Å². The van der Waals surface area contributed by atoms with E-state index < -0.39 is 53.8 Å². The van der Waals surface area contributed by atoms with Gasteiger partial charge < -0.3 is 27.0 Å². The molecule has 0 aromatic heterocycles. The Kier molecular flexibility index (Phi) is 16.1. The van der Waals surface area contributed by atoms with Crippen LogP contribution in [-0.4, -0.2) is 77.7 Å². The number of nitrogens with one attached hydrogen (secondary N) is 4. The van der Waals surface area contributed by atoms with Crippen molar-refractivity contribution in [3.63, 3.8) is 0 Å². The first-order valence-corrected chi connectivity index (χ1v) is 16.6. The number of hydrogen-bond donors (Lipinski definition) is 5. The van der Waals surface area contributed by atoms with Gasteiger partial charge >= 0.3 is 0 Å². The maximum absolute atomic E-state index is 13.9. The molecule has 2 rings (SSSR count). The molecule has 5 amide bonds. The van der Waals surface area contributed by atoms with Crippen LogP contribution in [0.15, 0.2) is 60.7 Å². The summed E-state index contributed by atoms with van der Waals surface area (Å²) in [7, 11) is 0. The van der Waals surface area contributed by atoms with Gasteiger partial charge in [-0.3, -0.25) is 28.9 Å². The van der Waals surface area contributed by atoms with E-state index >= 15 is 0 Å². The molecule has 5 atom stereocenters. The second kappa shape index (κ2) is 19.4. The van der Waals surface area contributed by atoms with Crippen molar-refractivity contribution in [1.29, 1.82) is 0 Å². The molecule has 0 aliphatic rings. The van der Waals surface area contributed by atoms with Crippen molar-refractivity contribution >= 4 is 29.5 Å². The predicted molar refractivity (Wildman–Crippen MR) is 184 cm³/mol. The number of amides is 5. The summed E-state index contributed by atoms with van der Waals surface area (Å²) in [4.78, 5) is 68.5. The van der Waals surface area contributed by atoms with Gasteiger partial charge in [0.05, 0.1) is 6.04 Å². The molecule has 0 aliphatic heterocycles. The summed E-state index contributed by atoms with van der Waals surface area (Å²) in [5, 5.41) is 11.3. The summed E-state index contributed by atoms with van der Waals surface area (Å²) in [6.07, 6.45) is 0.711. The van der Waals surface area contributed by atoms with E-state index in [0.29, 0.717) is 19.5 Å². The van der Waals surface area contributed by atoms with E-state index in [0.717, 1.165) is 11.1 Å². The van der Waals surface area contributed by atoms with E-state index in [1.165, 1.54) is 0 Å². The predicted octanol–water partition coefficient (Wildman–Crippen LogP) is 2.33. The van der Waals surface area contributed by atoms with Crippen LogP contribution < -0.4 is 27.0 Å². The quantitative estimate of drug-likeness (QED) is 0.157. The van der Waals surface area contributed by atoms with Crippen molar-refractivity contribution in [2.45, 2.75) is 97.9 Å². The summed E-state index contributed by atoms with van der Waals surface area (Å²) >= 11 is 0. The lowest BCUT2D eigenvalue weighted by Gasteiger charge is -2.29. The molecule has 0 unspecified atom stereocenters. The van der Waals surface area contributed by atoms with Gasteiger partial charge in [0, 0.05) is 12.8 Å². The molecule has 258 valence electrons. The number of primary amides is 1. The second-order valence-corrected chi connectivity index (χ2v) is 12.7. The normalized spacial score (nSPS) is 14.5. The van der Waals surface area contributed by atoms with Gasteiger partial charge in [0.1, 0.15) is 24.2 Å². The maximum atomic E-state index is 13.9. The van der Waals surface area contributed by atoms with Crippen LogP contribution in [0.25, 0.3) is 0 Å². The summed E-state index contributed by atoms with van der Waals surface area (Å²) in [5.74, 6) is -2.83. The number of nitrogens with zero attached hydrogens (tertiary/aromatic N) is 1. The summed E-state index contributed by atoms with van der Waals surface area (Å²) in [5.41, 5.74) is 7.18. The molecule has 0 saturated heterocycles. The molecule has 0 heterocycles. The smallest absolute Gasteiger partial charge is 0.243 e. The Morgan fingerprint density at radius 3 is 1.45 bits per heavy atom. The minimum Gasteiger partial charge on any atom is -0.368 e. The highest BCUT2D eigenvalue weighted by Crippen LogP contribution is 2.11. The number of hydrogen-bond acceptors (Lipinski definition) is 6. The highest BCUT2D eigenvalue weighted by Gasteiger charge is 2.33. The summed E-state index contributed by atoms with van der Waals surface area (Å²) < 4.78 is 0. The average molecular weight is 651 g/mol. The molecule has 0 spiro atoms. The van der Waals surface area contributed by atoms with Crippen molar-refractivity contribution < 1.29 is 24.0 Å². The number of rotatable bonds is 19. The lowest BCUT2D eigenvalue weighted by molar-refractivity contribution is -0.135. The van der Waals surface area contributed by atoms with Crippen molar-refractivity contribution in [3.05, 3.63) is 71.8 Å². The van der Waals surface area contributed by atoms with Gasteiger partial charge in [0.15, 0.2) is 0 Å². The third-order valence-electron chi connectivity index (χ3n) is 8.18. The third-order valence-corrected chi connectivity index (χ3v) is 8.18. The topological polar surface area (TPSA) is 163 Å². The average Bonchev–Trinajstić information content (AvgIpc) is 3.03. The molecule has 0 bridgehead atoms. The van der Waals surface area contributed by atoms with E-state index in [2.05, 4.69) is 21.3 Å². The summed E-state index contributed by atoms with van der Waals surface area (Å²) in [6.45, 7) is 14.5. The zero-order valence-corrected chi connectivity index (χ0v) is 28.9. The molecule has 0 fully saturated rings. The lowest BCUT2D eigenvalue weighted by Crippen LogP contribution is -2.60. The fraction of sp³-hybridized carbons (Fsp3) is 0.528. The Hall–Kier alpha value is -4.25. The number of benzene rings is 2. The van der Waals surface area contributed by atoms with E-state index in [1.54, 1.807) is 20.8 Å². The van der Waals surface area contributed by atoms with E-state index in [4.69, 9.17) is 5.73 Å². The highest BCUT2D eigenvalue weighted by atomic mass is 16.2. The second-order valence-electron chi connectivity index (χ2n) is 12.7. The molecule has 6 N–H and O–H groups in total. The van der Waals surface area contributed by atoms with Crippen LogP contribution in [0.1, 0.15) is 66.0 Å². The monoisotopic (exact) mass is 650 g/mol. The molecular formula is C36H54N6O5. The van der Waals surface area contributed by atoms with Crippen LogP contribution in [0.3, 0.4) is 0 Å². The van der Waals surface area contributed by atoms with E-state index in [1.807, 2.05) is 93.3 Å². The van der Waals surface area contributed by atoms with Crippen LogP contribution >= 0.6 is 0 Å². The molecule has 2 aromatic rings. The Labute approximate surface area is 279 Å². The standard InChI is InChI=1S/C36H54N6O5/c1-8-42(9-2)25(7)33(44)39-29(21-26-16-12-10-13-17-26)34(45)40-30(22-27-18-14-11-15-19-27)35(46)41-31(24(5)6)36(47)38-28(32(37)43)20-23(3)4/h10-19,23-25,28-31H,8-9,20-22H2,1-7H3,(H2,37,43)(H,38,47)(H,39,44)(H,40,45)(H,41,46)/t25-,28-,29-,30-,31-/m1/s1.